The van der Waals surface area contributed by atoms with Crippen molar-refractivity contribution in [1.82, 2.24) is 5.23 Å². The Morgan fingerprint density at radius 2 is 2.04 bits per heavy atom. The number of esters is 1. The number of nitrogen functional groups attached to an aromatic ring is 1. The predicted octanol–water partition coefficient (Wildman–Crippen LogP) is 2.17. The Balaban J connectivity index is 2.91. The molecule has 1 aromatic carbocycles. The van der Waals surface area contributed by atoms with E-state index >= 15 is 0 Å². The molecule has 0 saturated carbocycles. The lowest BCUT2D eigenvalue weighted by Crippen LogP contribution is -2.38. The maximum atomic E-state index is 12.1. The van der Waals surface area contributed by atoms with E-state index in [0.29, 0.717) is 18.0 Å². The summed E-state index contributed by atoms with van der Waals surface area (Å²) in [5, 5.41) is 3.11. The molecule has 0 fully saturated rings. The molecule has 1 rings (SSSR count). The van der Waals surface area contributed by atoms with Crippen LogP contribution in [0, 0.1) is 0 Å². The molecule has 3 N–H and O–H groups in total. The zero-order valence-corrected chi connectivity index (χ0v) is 15.4. The highest BCUT2D eigenvalue weighted by molar-refractivity contribution is 6.64. The van der Waals surface area contributed by atoms with Crippen LogP contribution in [0.4, 0.5) is 5.69 Å². The Morgan fingerprint density at radius 1 is 1.38 bits per heavy atom. The van der Waals surface area contributed by atoms with Gasteiger partial charge in [-0.2, -0.15) is 0 Å². The lowest BCUT2D eigenvalue weighted by molar-refractivity contribution is -0.155. The van der Waals surface area contributed by atoms with Gasteiger partial charge in [0.05, 0.1) is 12.6 Å². The number of nitrogens with one attached hydrogen (secondary N) is 1. The minimum atomic E-state index is -0.521. The maximum Gasteiger partial charge on any atom is 0.307 e. The van der Waals surface area contributed by atoms with Crippen LogP contribution in [0.2, 0.25) is 0 Å². The number of carbonyl (C=O) groups excluding carboxylic acids is 2. The number of rotatable bonds is 8. The van der Waals surface area contributed by atoms with Gasteiger partial charge in [0.25, 0.3) is 7.41 Å². The molecule has 0 amide bonds. The van der Waals surface area contributed by atoms with Gasteiger partial charge in [-0.3, -0.25) is 4.79 Å². The molecule has 0 aliphatic heterocycles. The highest BCUT2D eigenvalue weighted by Gasteiger charge is 2.21. The van der Waals surface area contributed by atoms with Gasteiger partial charge in [0.1, 0.15) is 5.60 Å². The fraction of sp³-hybridized carbons (Fsp3) is 0.556. The van der Waals surface area contributed by atoms with E-state index in [1.54, 1.807) is 0 Å². The van der Waals surface area contributed by atoms with Crippen molar-refractivity contribution in [3.05, 3.63) is 29.3 Å². The van der Waals surface area contributed by atoms with Crippen molar-refractivity contribution in [2.45, 2.75) is 65.0 Å². The van der Waals surface area contributed by atoms with Gasteiger partial charge in [-0.1, -0.05) is 19.9 Å². The second kappa shape index (κ2) is 8.88. The molecule has 0 aliphatic rings. The third-order valence-electron chi connectivity index (χ3n) is 3.58. The van der Waals surface area contributed by atoms with Crippen molar-refractivity contribution in [3.63, 3.8) is 0 Å². The molecule has 0 bridgehead atoms. The highest BCUT2D eigenvalue weighted by Crippen LogP contribution is 2.24. The first kappa shape index (κ1) is 20.2. The zero-order valence-electron chi connectivity index (χ0n) is 15.4. The molecule has 5 nitrogen and oxygen atoms in total. The van der Waals surface area contributed by atoms with E-state index < -0.39 is 5.60 Å². The normalized spacial score (nSPS) is 12.8. The van der Waals surface area contributed by atoms with E-state index in [0.717, 1.165) is 11.7 Å². The minimum Gasteiger partial charge on any atom is -0.460 e. The second-order valence-electron chi connectivity index (χ2n) is 7.38. The van der Waals surface area contributed by atoms with Crippen molar-refractivity contribution < 1.29 is 14.3 Å². The standard InChI is InChI=1S/C18H29BN2O3/c1-12(2)16-7-6-14(20)8-13(16)9-15(21-19-11-22)10-17(23)24-18(3,4)5/h6-8,11-12,15,19,21H,9-10,20H2,1-5H3/t15-/m0/s1. The lowest BCUT2D eigenvalue weighted by atomic mass is 9.88. The van der Waals surface area contributed by atoms with Gasteiger partial charge in [-0.05, 0) is 56.4 Å². The first-order valence-electron chi connectivity index (χ1n) is 8.39. The molecule has 0 spiro atoms. The Bertz CT molecular complexity index is 568. The molecule has 24 heavy (non-hydrogen) atoms. The van der Waals surface area contributed by atoms with Crippen molar-refractivity contribution in [3.8, 4) is 0 Å². The molecule has 132 valence electrons. The minimum absolute atomic E-state index is 0.177. The fourth-order valence-corrected chi connectivity index (χ4v) is 2.65. The largest absolute Gasteiger partial charge is 0.460 e. The molecule has 1 atom stereocenters. The van der Waals surface area contributed by atoms with Crippen molar-refractivity contribution in [2.24, 2.45) is 0 Å². The third-order valence-corrected chi connectivity index (χ3v) is 3.58. The lowest BCUT2D eigenvalue weighted by Gasteiger charge is -2.24. The Kier molecular flexibility index (Phi) is 7.48. The van der Waals surface area contributed by atoms with Crippen LogP contribution in [0.15, 0.2) is 18.2 Å². The summed E-state index contributed by atoms with van der Waals surface area (Å²) < 4.78 is 5.40. The summed E-state index contributed by atoms with van der Waals surface area (Å²) >= 11 is 0. The van der Waals surface area contributed by atoms with Gasteiger partial charge in [0.2, 0.25) is 0 Å². The summed E-state index contributed by atoms with van der Waals surface area (Å²) in [5.41, 5.74) is 8.39. The molecular weight excluding hydrogens is 303 g/mol. The number of hydrogen-bond acceptors (Lipinski definition) is 5. The zero-order chi connectivity index (χ0) is 18.3. The van der Waals surface area contributed by atoms with Crippen LogP contribution in [0.25, 0.3) is 0 Å². The predicted molar refractivity (Wildman–Crippen MR) is 99.9 cm³/mol. The fourth-order valence-electron chi connectivity index (χ4n) is 2.65. The monoisotopic (exact) mass is 332 g/mol. The van der Waals surface area contributed by atoms with Crippen LogP contribution in [0.1, 0.15) is 58.1 Å². The van der Waals surface area contributed by atoms with Crippen LogP contribution in [0.3, 0.4) is 0 Å². The van der Waals surface area contributed by atoms with Crippen molar-refractivity contribution in [1.29, 1.82) is 0 Å². The molecule has 0 unspecified atom stereocenters. The summed E-state index contributed by atoms with van der Waals surface area (Å²) in [6.45, 7) is 9.77. The van der Waals surface area contributed by atoms with E-state index in [2.05, 4.69) is 19.1 Å². The quantitative estimate of drug-likeness (QED) is 0.330. The third kappa shape index (κ3) is 7.17. The van der Waals surface area contributed by atoms with Crippen LogP contribution in [-0.4, -0.2) is 31.2 Å². The van der Waals surface area contributed by atoms with E-state index in [1.807, 2.05) is 39.0 Å². The molecule has 0 heterocycles. The van der Waals surface area contributed by atoms with Gasteiger partial charge < -0.3 is 20.5 Å². The molecular formula is C18H29BN2O3. The summed E-state index contributed by atoms with van der Waals surface area (Å²) in [6.07, 6.45) is 1.62. The van der Waals surface area contributed by atoms with E-state index in [9.17, 15) is 9.59 Å². The van der Waals surface area contributed by atoms with Gasteiger partial charge in [0.15, 0.2) is 0 Å². The first-order chi connectivity index (χ1) is 11.1. The molecule has 0 aliphatic carbocycles. The maximum absolute atomic E-state index is 12.1. The van der Waals surface area contributed by atoms with Gasteiger partial charge >= 0.3 is 5.97 Å². The molecule has 0 aromatic heterocycles. The molecule has 1 aromatic rings. The summed E-state index contributed by atoms with van der Waals surface area (Å²) in [7, 11) is 0.201. The van der Waals surface area contributed by atoms with Gasteiger partial charge in [-0.25, -0.2) is 0 Å². The average Bonchev–Trinajstić information content (AvgIpc) is 2.42. The van der Waals surface area contributed by atoms with Gasteiger partial charge in [-0.15, -0.1) is 0 Å². The number of carbonyl (C=O) groups is 2. The highest BCUT2D eigenvalue weighted by atomic mass is 16.6. The smallest absolute Gasteiger partial charge is 0.307 e. The summed E-state index contributed by atoms with van der Waals surface area (Å²) in [6, 6.07) is 5.68. The Hall–Kier alpha value is -1.82. The number of benzene rings is 1. The topological polar surface area (TPSA) is 81.4 Å². The Labute approximate surface area is 145 Å². The second-order valence-corrected chi connectivity index (χ2v) is 7.38. The van der Waals surface area contributed by atoms with Crippen molar-refractivity contribution in [2.75, 3.05) is 5.73 Å². The van der Waals surface area contributed by atoms with E-state index in [4.69, 9.17) is 10.5 Å². The molecule has 0 saturated heterocycles. The van der Waals surface area contributed by atoms with Crippen LogP contribution in [0.5, 0.6) is 0 Å². The number of ether oxygens (including phenoxy) is 1. The number of anilines is 1. The van der Waals surface area contributed by atoms with Crippen LogP contribution < -0.4 is 11.0 Å². The SMILES string of the molecule is CC(C)c1ccc(N)cc1C[C@@H](CC(=O)OC(C)(C)C)NBC=O. The van der Waals surface area contributed by atoms with Gasteiger partial charge in [0, 0.05) is 11.7 Å². The van der Waals surface area contributed by atoms with Crippen molar-refractivity contribution >= 4 is 25.3 Å². The van der Waals surface area contributed by atoms with E-state index in [1.165, 1.54) is 5.56 Å². The van der Waals surface area contributed by atoms with Crippen LogP contribution in [-0.2, 0) is 20.7 Å². The number of hydrogen-bond donors (Lipinski definition) is 2. The van der Waals surface area contributed by atoms with Crippen LogP contribution >= 0.6 is 0 Å². The summed E-state index contributed by atoms with van der Waals surface area (Å²) in [4.78, 5) is 22.8. The average molecular weight is 332 g/mol. The summed E-state index contributed by atoms with van der Waals surface area (Å²) in [5.74, 6) is 0.0785. The molecule has 0 radical (unpaired) electrons. The first-order valence-corrected chi connectivity index (χ1v) is 8.39. The molecule has 6 heteroatoms. The van der Waals surface area contributed by atoms with E-state index in [-0.39, 0.29) is 25.8 Å². The number of nitrogens with two attached hydrogens (primary N) is 1. The Morgan fingerprint density at radius 3 is 2.58 bits per heavy atom.